The van der Waals surface area contributed by atoms with Crippen molar-refractivity contribution in [2.75, 3.05) is 0 Å². The topological polar surface area (TPSA) is 37.8 Å². The molecular formula is C15H21N3S. The lowest BCUT2D eigenvalue weighted by atomic mass is 9.98. The molecule has 0 spiro atoms. The highest BCUT2D eigenvalue weighted by Crippen LogP contribution is 2.25. The van der Waals surface area contributed by atoms with Gasteiger partial charge in [0.1, 0.15) is 0 Å². The number of hydrogen-bond donors (Lipinski definition) is 1. The number of pyridine rings is 1. The van der Waals surface area contributed by atoms with Crippen molar-refractivity contribution in [3.63, 3.8) is 0 Å². The largest absolute Gasteiger partial charge is 0.307 e. The lowest BCUT2D eigenvalue weighted by Gasteiger charge is -2.13. The van der Waals surface area contributed by atoms with Crippen LogP contribution in [0.1, 0.15) is 42.6 Å². The van der Waals surface area contributed by atoms with Gasteiger partial charge in [-0.05, 0) is 24.1 Å². The van der Waals surface area contributed by atoms with E-state index in [1.54, 1.807) is 11.3 Å². The summed E-state index contributed by atoms with van der Waals surface area (Å²) in [6.45, 7) is 10.4. The first-order valence-corrected chi connectivity index (χ1v) is 7.40. The van der Waals surface area contributed by atoms with E-state index in [9.17, 15) is 0 Å². The molecule has 2 heterocycles. The second-order valence-corrected chi connectivity index (χ2v) is 6.66. The van der Waals surface area contributed by atoms with Crippen LogP contribution in [-0.4, -0.2) is 9.97 Å². The van der Waals surface area contributed by atoms with Gasteiger partial charge in [0.2, 0.25) is 0 Å². The van der Waals surface area contributed by atoms with E-state index in [1.165, 1.54) is 16.1 Å². The minimum absolute atomic E-state index is 0.143. The second kappa shape index (κ2) is 5.80. The van der Waals surface area contributed by atoms with Gasteiger partial charge in [-0.25, -0.2) is 4.98 Å². The van der Waals surface area contributed by atoms with Gasteiger partial charge in [-0.15, -0.1) is 11.3 Å². The average molecular weight is 275 g/mol. The van der Waals surface area contributed by atoms with E-state index >= 15 is 0 Å². The van der Waals surface area contributed by atoms with E-state index in [-0.39, 0.29) is 5.41 Å². The number of rotatable bonds is 4. The maximum Gasteiger partial charge on any atom is 0.0982 e. The minimum Gasteiger partial charge on any atom is -0.307 e. The number of nitrogens with zero attached hydrogens (tertiary/aromatic N) is 2. The lowest BCUT2D eigenvalue weighted by molar-refractivity contribution is 0.579. The van der Waals surface area contributed by atoms with E-state index in [1.807, 2.05) is 12.4 Å². The molecule has 2 aromatic heterocycles. The molecule has 0 fully saturated rings. The third kappa shape index (κ3) is 3.85. The maximum atomic E-state index is 4.68. The highest BCUT2D eigenvalue weighted by Gasteiger charge is 2.17. The van der Waals surface area contributed by atoms with Gasteiger partial charge < -0.3 is 5.32 Å². The smallest absolute Gasteiger partial charge is 0.0982 e. The first kappa shape index (κ1) is 14.2. The van der Waals surface area contributed by atoms with Crippen molar-refractivity contribution < 1.29 is 0 Å². The third-order valence-electron chi connectivity index (χ3n) is 2.95. The zero-order valence-corrected chi connectivity index (χ0v) is 12.8. The molecular weight excluding hydrogens is 254 g/mol. The summed E-state index contributed by atoms with van der Waals surface area (Å²) in [5.74, 6) is 0. The van der Waals surface area contributed by atoms with Crippen molar-refractivity contribution >= 4 is 11.3 Å². The van der Waals surface area contributed by atoms with Gasteiger partial charge in [0, 0.05) is 36.3 Å². The van der Waals surface area contributed by atoms with Gasteiger partial charge in [0.15, 0.2) is 0 Å². The number of aryl methyl sites for hydroxylation is 1. The molecule has 2 rings (SSSR count). The molecule has 0 atom stereocenters. The molecule has 3 nitrogen and oxygen atoms in total. The fraction of sp³-hybridized carbons (Fsp3) is 0.467. The highest BCUT2D eigenvalue weighted by atomic mass is 32.1. The van der Waals surface area contributed by atoms with Crippen molar-refractivity contribution in [2.24, 2.45) is 0 Å². The monoisotopic (exact) mass is 275 g/mol. The molecule has 0 aliphatic rings. The molecule has 19 heavy (non-hydrogen) atoms. The molecule has 0 unspecified atom stereocenters. The van der Waals surface area contributed by atoms with Crippen LogP contribution in [0.4, 0.5) is 0 Å². The quantitative estimate of drug-likeness (QED) is 0.929. The Balaban J connectivity index is 1.90. The second-order valence-electron chi connectivity index (χ2n) is 5.80. The summed E-state index contributed by atoms with van der Waals surface area (Å²) >= 11 is 1.74. The average Bonchev–Trinajstić information content (AvgIpc) is 2.80. The molecule has 0 saturated heterocycles. The maximum absolute atomic E-state index is 4.68. The van der Waals surface area contributed by atoms with Crippen molar-refractivity contribution in [1.82, 2.24) is 15.3 Å². The van der Waals surface area contributed by atoms with Crippen LogP contribution in [0.2, 0.25) is 0 Å². The summed E-state index contributed by atoms with van der Waals surface area (Å²) in [5, 5.41) is 6.78. The first-order valence-electron chi connectivity index (χ1n) is 6.52. The van der Waals surface area contributed by atoms with Crippen molar-refractivity contribution in [2.45, 2.75) is 46.2 Å². The normalized spacial score (nSPS) is 11.8. The van der Waals surface area contributed by atoms with E-state index in [0.29, 0.717) is 0 Å². The molecule has 1 N–H and O–H groups in total. The van der Waals surface area contributed by atoms with Crippen LogP contribution >= 0.6 is 11.3 Å². The SMILES string of the molecule is Cc1cnccc1CNCc1csc(C(C)(C)C)n1. The molecule has 102 valence electrons. The standard InChI is InChI=1S/C15H21N3S/c1-11-7-16-6-5-12(11)8-17-9-13-10-19-14(18-13)15(2,3)4/h5-7,10,17H,8-9H2,1-4H3. The fourth-order valence-electron chi connectivity index (χ4n) is 1.76. The number of hydrogen-bond acceptors (Lipinski definition) is 4. The van der Waals surface area contributed by atoms with Crippen molar-refractivity contribution in [3.05, 3.63) is 45.7 Å². The molecule has 0 aliphatic heterocycles. The van der Waals surface area contributed by atoms with E-state index < -0.39 is 0 Å². The van der Waals surface area contributed by atoms with E-state index in [2.05, 4.69) is 54.4 Å². The number of nitrogens with one attached hydrogen (secondary N) is 1. The van der Waals surface area contributed by atoms with Gasteiger partial charge in [0.05, 0.1) is 10.7 Å². The Bertz CT molecular complexity index is 540. The van der Waals surface area contributed by atoms with Gasteiger partial charge in [-0.1, -0.05) is 20.8 Å². The lowest BCUT2D eigenvalue weighted by Crippen LogP contribution is -2.15. The molecule has 0 saturated carbocycles. The van der Waals surface area contributed by atoms with Crippen molar-refractivity contribution in [1.29, 1.82) is 0 Å². The summed E-state index contributed by atoms with van der Waals surface area (Å²) < 4.78 is 0. The predicted molar refractivity (Wildman–Crippen MR) is 80.3 cm³/mol. The molecule has 0 radical (unpaired) electrons. The Morgan fingerprint density at radius 3 is 2.68 bits per heavy atom. The Labute approximate surface area is 119 Å². The Kier molecular flexibility index (Phi) is 4.32. The van der Waals surface area contributed by atoms with Gasteiger partial charge in [-0.3, -0.25) is 4.98 Å². The van der Waals surface area contributed by atoms with Crippen LogP contribution in [0.5, 0.6) is 0 Å². The van der Waals surface area contributed by atoms with Crippen LogP contribution in [-0.2, 0) is 18.5 Å². The van der Waals surface area contributed by atoms with Crippen LogP contribution in [0, 0.1) is 6.92 Å². The minimum atomic E-state index is 0.143. The zero-order valence-electron chi connectivity index (χ0n) is 12.0. The highest BCUT2D eigenvalue weighted by molar-refractivity contribution is 7.09. The van der Waals surface area contributed by atoms with Gasteiger partial charge >= 0.3 is 0 Å². The Morgan fingerprint density at radius 1 is 1.26 bits per heavy atom. The van der Waals surface area contributed by atoms with Gasteiger partial charge in [-0.2, -0.15) is 0 Å². The summed E-state index contributed by atoms with van der Waals surface area (Å²) in [6, 6.07) is 2.06. The summed E-state index contributed by atoms with van der Waals surface area (Å²) in [7, 11) is 0. The van der Waals surface area contributed by atoms with Crippen LogP contribution in [0.15, 0.2) is 23.8 Å². The van der Waals surface area contributed by atoms with Crippen LogP contribution in [0.25, 0.3) is 0 Å². The van der Waals surface area contributed by atoms with Crippen LogP contribution in [0.3, 0.4) is 0 Å². The van der Waals surface area contributed by atoms with E-state index in [4.69, 9.17) is 0 Å². The molecule has 0 amide bonds. The Morgan fingerprint density at radius 2 is 2.05 bits per heavy atom. The zero-order chi connectivity index (χ0) is 13.9. The molecule has 4 heteroatoms. The fourth-order valence-corrected chi connectivity index (χ4v) is 2.67. The predicted octanol–water partition coefficient (Wildman–Crippen LogP) is 3.43. The number of aromatic nitrogens is 2. The number of thiazole rings is 1. The molecule has 0 aromatic carbocycles. The molecule has 2 aromatic rings. The Hall–Kier alpha value is -1.26. The summed E-state index contributed by atoms with van der Waals surface area (Å²) in [6.07, 6.45) is 3.74. The van der Waals surface area contributed by atoms with Crippen molar-refractivity contribution in [3.8, 4) is 0 Å². The first-order chi connectivity index (χ1) is 8.97. The molecule has 0 bridgehead atoms. The van der Waals surface area contributed by atoms with E-state index in [0.717, 1.165) is 18.8 Å². The molecule has 0 aliphatic carbocycles. The summed E-state index contributed by atoms with van der Waals surface area (Å²) in [5.41, 5.74) is 3.79. The van der Waals surface area contributed by atoms with Crippen LogP contribution < -0.4 is 5.32 Å². The third-order valence-corrected chi connectivity index (χ3v) is 4.27. The van der Waals surface area contributed by atoms with Gasteiger partial charge in [0.25, 0.3) is 0 Å². The summed E-state index contributed by atoms with van der Waals surface area (Å²) in [4.78, 5) is 8.78.